The third-order valence-electron chi connectivity index (χ3n) is 3.64. The SMILES string of the molecule is NC1CCC(OCCNC(=O)c2ccc(Cl)c(Br)c2)CC1. The molecule has 6 heteroatoms. The average molecular weight is 376 g/mol. The van der Waals surface area contributed by atoms with Crippen LogP contribution >= 0.6 is 27.5 Å². The van der Waals surface area contributed by atoms with Gasteiger partial charge in [0.05, 0.1) is 17.7 Å². The molecule has 0 aromatic heterocycles. The summed E-state index contributed by atoms with van der Waals surface area (Å²) in [5.74, 6) is -0.123. The van der Waals surface area contributed by atoms with Crippen molar-refractivity contribution in [3.63, 3.8) is 0 Å². The zero-order valence-corrected chi connectivity index (χ0v) is 14.1. The predicted molar refractivity (Wildman–Crippen MR) is 87.7 cm³/mol. The molecule has 21 heavy (non-hydrogen) atoms. The molecule has 1 aliphatic rings. The van der Waals surface area contributed by atoms with Crippen LogP contribution in [0.15, 0.2) is 22.7 Å². The lowest BCUT2D eigenvalue weighted by atomic mass is 9.94. The summed E-state index contributed by atoms with van der Waals surface area (Å²) in [6.07, 6.45) is 4.36. The lowest BCUT2D eigenvalue weighted by molar-refractivity contribution is 0.0267. The molecule has 0 radical (unpaired) electrons. The van der Waals surface area contributed by atoms with Crippen LogP contribution in [0.3, 0.4) is 0 Å². The molecule has 1 amide bonds. The number of amides is 1. The summed E-state index contributed by atoms with van der Waals surface area (Å²) in [5.41, 5.74) is 6.43. The Balaban J connectivity index is 1.68. The van der Waals surface area contributed by atoms with Crippen molar-refractivity contribution in [2.75, 3.05) is 13.2 Å². The van der Waals surface area contributed by atoms with Crippen molar-refractivity contribution >= 4 is 33.4 Å². The number of nitrogens with one attached hydrogen (secondary N) is 1. The molecule has 0 saturated heterocycles. The van der Waals surface area contributed by atoms with E-state index in [1.165, 1.54) is 0 Å². The Labute approximate surface area is 138 Å². The highest BCUT2D eigenvalue weighted by Gasteiger charge is 2.18. The van der Waals surface area contributed by atoms with E-state index >= 15 is 0 Å². The molecule has 3 N–H and O–H groups in total. The van der Waals surface area contributed by atoms with Gasteiger partial charge in [0.15, 0.2) is 0 Å². The molecule has 1 aliphatic carbocycles. The third-order valence-corrected chi connectivity index (χ3v) is 4.86. The van der Waals surface area contributed by atoms with Gasteiger partial charge in [-0.2, -0.15) is 0 Å². The number of rotatable bonds is 5. The Morgan fingerprint density at radius 2 is 2.10 bits per heavy atom. The molecule has 0 aliphatic heterocycles. The minimum atomic E-state index is -0.123. The number of hydrogen-bond donors (Lipinski definition) is 2. The maximum atomic E-state index is 12.0. The highest BCUT2D eigenvalue weighted by atomic mass is 79.9. The van der Waals surface area contributed by atoms with E-state index in [-0.39, 0.29) is 12.0 Å². The number of ether oxygens (including phenoxy) is 1. The average Bonchev–Trinajstić information content (AvgIpc) is 2.48. The Morgan fingerprint density at radius 1 is 1.38 bits per heavy atom. The van der Waals surface area contributed by atoms with E-state index in [1.807, 2.05) is 0 Å². The van der Waals surface area contributed by atoms with Crippen LogP contribution in [0.25, 0.3) is 0 Å². The normalized spacial score (nSPS) is 22.0. The van der Waals surface area contributed by atoms with Gasteiger partial charge < -0.3 is 15.8 Å². The first-order valence-corrected chi connectivity index (χ1v) is 8.34. The predicted octanol–water partition coefficient (Wildman–Crippen LogP) is 3.12. The van der Waals surface area contributed by atoms with E-state index in [0.29, 0.717) is 34.3 Å². The van der Waals surface area contributed by atoms with Crippen molar-refractivity contribution in [2.24, 2.45) is 5.73 Å². The van der Waals surface area contributed by atoms with Crippen LogP contribution in [-0.4, -0.2) is 31.2 Å². The summed E-state index contributed by atoms with van der Waals surface area (Å²) in [4.78, 5) is 12.0. The molecule has 0 bridgehead atoms. The van der Waals surface area contributed by atoms with Gasteiger partial charge in [-0.25, -0.2) is 0 Å². The molecule has 0 spiro atoms. The fourth-order valence-corrected chi connectivity index (χ4v) is 2.88. The number of hydrogen-bond acceptors (Lipinski definition) is 3. The van der Waals surface area contributed by atoms with E-state index in [9.17, 15) is 4.79 Å². The fraction of sp³-hybridized carbons (Fsp3) is 0.533. The van der Waals surface area contributed by atoms with Crippen LogP contribution in [-0.2, 0) is 4.74 Å². The van der Waals surface area contributed by atoms with Gasteiger partial charge in [0.2, 0.25) is 0 Å². The zero-order chi connectivity index (χ0) is 15.2. The number of benzene rings is 1. The van der Waals surface area contributed by atoms with E-state index in [1.54, 1.807) is 18.2 Å². The van der Waals surface area contributed by atoms with Gasteiger partial charge in [-0.1, -0.05) is 11.6 Å². The number of carbonyl (C=O) groups is 1. The molecular formula is C15H20BrClN2O2. The molecule has 116 valence electrons. The lowest BCUT2D eigenvalue weighted by Gasteiger charge is -2.26. The second-order valence-electron chi connectivity index (χ2n) is 5.29. The third kappa shape index (κ3) is 5.25. The maximum absolute atomic E-state index is 12.0. The molecule has 2 rings (SSSR count). The monoisotopic (exact) mass is 374 g/mol. The van der Waals surface area contributed by atoms with Crippen molar-refractivity contribution < 1.29 is 9.53 Å². The Hall–Kier alpha value is -0.620. The molecule has 4 nitrogen and oxygen atoms in total. The molecule has 1 fully saturated rings. The molecule has 1 saturated carbocycles. The Kier molecular flexibility index (Phi) is 6.48. The Bertz CT molecular complexity index is 491. The summed E-state index contributed by atoms with van der Waals surface area (Å²) < 4.78 is 6.47. The number of carbonyl (C=O) groups excluding carboxylic acids is 1. The van der Waals surface area contributed by atoms with Crippen molar-refractivity contribution in [1.82, 2.24) is 5.32 Å². The smallest absolute Gasteiger partial charge is 0.251 e. The van der Waals surface area contributed by atoms with E-state index in [4.69, 9.17) is 22.1 Å². The first-order valence-electron chi connectivity index (χ1n) is 7.16. The first kappa shape index (κ1) is 16.7. The molecule has 1 aromatic rings. The summed E-state index contributed by atoms with van der Waals surface area (Å²) in [6, 6.07) is 5.43. The van der Waals surface area contributed by atoms with Gasteiger partial charge in [0.25, 0.3) is 5.91 Å². The van der Waals surface area contributed by atoms with E-state index in [2.05, 4.69) is 21.2 Å². The summed E-state index contributed by atoms with van der Waals surface area (Å²) >= 11 is 9.21. The molecule has 1 aromatic carbocycles. The van der Waals surface area contributed by atoms with Crippen molar-refractivity contribution in [2.45, 2.75) is 37.8 Å². The lowest BCUT2D eigenvalue weighted by Crippen LogP contribution is -2.33. The van der Waals surface area contributed by atoms with Gasteiger partial charge >= 0.3 is 0 Å². The van der Waals surface area contributed by atoms with Crippen LogP contribution in [0.1, 0.15) is 36.0 Å². The van der Waals surface area contributed by atoms with Gasteiger partial charge in [-0.15, -0.1) is 0 Å². The van der Waals surface area contributed by atoms with Crippen molar-refractivity contribution in [1.29, 1.82) is 0 Å². The van der Waals surface area contributed by atoms with Crippen LogP contribution in [0.5, 0.6) is 0 Å². The van der Waals surface area contributed by atoms with Gasteiger partial charge in [0.1, 0.15) is 0 Å². The van der Waals surface area contributed by atoms with Crippen LogP contribution in [0.2, 0.25) is 5.02 Å². The van der Waals surface area contributed by atoms with Crippen LogP contribution in [0, 0.1) is 0 Å². The van der Waals surface area contributed by atoms with Gasteiger partial charge in [-0.3, -0.25) is 4.79 Å². The molecular weight excluding hydrogens is 356 g/mol. The second-order valence-corrected chi connectivity index (χ2v) is 6.55. The standard InChI is InChI=1S/C15H20BrClN2O2/c16-13-9-10(1-6-14(13)17)15(20)19-7-8-21-12-4-2-11(18)3-5-12/h1,6,9,11-12H,2-5,7-8,18H2,(H,19,20). The minimum absolute atomic E-state index is 0.123. The van der Waals surface area contributed by atoms with Crippen LogP contribution < -0.4 is 11.1 Å². The van der Waals surface area contributed by atoms with Crippen molar-refractivity contribution in [3.05, 3.63) is 33.3 Å². The van der Waals surface area contributed by atoms with E-state index < -0.39 is 0 Å². The molecule has 0 atom stereocenters. The largest absolute Gasteiger partial charge is 0.376 e. The topological polar surface area (TPSA) is 64.3 Å². The number of halogens is 2. The highest BCUT2D eigenvalue weighted by Crippen LogP contribution is 2.23. The maximum Gasteiger partial charge on any atom is 0.251 e. The second kappa shape index (κ2) is 8.13. The Morgan fingerprint density at radius 3 is 2.76 bits per heavy atom. The van der Waals surface area contributed by atoms with Crippen molar-refractivity contribution in [3.8, 4) is 0 Å². The highest BCUT2D eigenvalue weighted by molar-refractivity contribution is 9.10. The minimum Gasteiger partial charge on any atom is -0.376 e. The summed E-state index contributed by atoms with van der Waals surface area (Å²) in [5, 5.41) is 3.43. The first-order chi connectivity index (χ1) is 10.1. The van der Waals surface area contributed by atoms with Gasteiger partial charge in [-0.05, 0) is 59.8 Å². The van der Waals surface area contributed by atoms with Crippen LogP contribution in [0.4, 0.5) is 0 Å². The molecule has 0 unspecified atom stereocenters. The number of nitrogens with two attached hydrogens (primary N) is 1. The quantitative estimate of drug-likeness (QED) is 0.777. The zero-order valence-electron chi connectivity index (χ0n) is 11.8. The molecule has 0 heterocycles. The van der Waals surface area contributed by atoms with E-state index in [0.717, 1.165) is 25.7 Å². The summed E-state index contributed by atoms with van der Waals surface area (Å²) in [6.45, 7) is 1.03. The summed E-state index contributed by atoms with van der Waals surface area (Å²) in [7, 11) is 0. The van der Waals surface area contributed by atoms with Gasteiger partial charge in [0, 0.05) is 22.6 Å². The fourth-order valence-electron chi connectivity index (χ4n) is 2.38.